The molecular formula is C18H21NO6. The molecule has 1 heterocycles. The number of carboxylic acid groups (broad SMARTS) is 1. The first kappa shape index (κ1) is 18.4. The van der Waals surface area contributed by atoms with E-state index in [1.54, 1.807) is 13.0 Å². The predicted molar refractivity (Wildman–Crippen MR) is 90.1 cm³/mol. The molecule has 1 unspecified atom stereocenters. The quantitative estimate of drug-likeness (QED) is 0.762. The molecule has 1 aromatic carbocycles. The highest BCUT2D eigenvalue weighted by Crippen LogP contribution is 2.29. The van der Waals surface area contributed by atoms with E-state index < -0.39 is 12.6 Å². The van der Waals surface area contributed by atoms with E-state index in [1.165, 1.54) is 12.1 Å². The maximum atomic E-state index is 12.4. The number of aryl methyl sites for hydroxylation is 1. The molecule has 0 saturated carbocycles. The van der Waals surface area contributed by atoms with Gasteiger partial charge in [0, 0.05) is 5.56 Å². The SMILES string of the molecule is CCOc1cc(C(=O)NC(C)c2ccc(C)o2)ccc1OCC(=O)O. The van der Waals surface area contributed by atoms with E-state index in [0.717, 1.165) is 5.76 Å². The van der Waals surface area contributed by atoms with Gasteiger partial charge in [-0.1, -0.05) is 0 Å². The van der Waals surface area contributed by atoms with E-state index in [2.05, 4.69) is 5.32 Å². The lowest BCUT2D eigenvalue weighted by atomic mass is 10.1. The zero-order chi connectivity index (χ0) is 18.4. The topological polar surface area (TPSA) is 98.0 Å². The maximum Gasteiger partial charge on any atom is 0.341 e. The maximum absolute atomic E-state index is 12.4. The van der Waals surface area contributed by atoms with Crippen molar-refractivity contribution in [3.63, 3.8) is 0 Å². The minimum atomic E-state index is -1.09. The summed E-state index contributed by atoms with van der Waals surface area (Å²) in [5, 5.41) is 11.6. The van der Waals surface area contributed by atoms with Crippen LogP contribution in [-0.2, 0) is 4.79 Å². The Morgan fingerprint density at radius 3 is 2.56 bits per heavy atom. The number of hydrogen-bond acceptors (Lipinski definition) is 5. The van der Waals surface area contributed by atoms with Crippen LogP contribution in [0.3, 0.4) is 0 Å². The smallest absolute Gasteiger partial charge is 0.341 e. The fourth-order valence-corrected chi connectivity index (χ4v) is 2.21. The van der Waals surface area contributed by atoms with Crippen LogP contribution in [0.5, 0.6) is 11.5 Å². The standard InChI is InChI=1S/C18H21NO6/c1-4-23-16-9-13(6-8-15(16)24-10-17(20)21)18(22)19-12(3)14-7-5-11(2)25-14/h5-9,12H,4,10H2,1-3H3,(H,19,22)(H,20,21). The summed E-state index contributed by atoms with van der Waals surface area (Å²) in [6.07, 6.45) is 0. The van der Waals surface area contributed by atoms with Crippen molar-refractivity contribution in [2.24, 2.45) is 0 Å². The van der Waals surface area contributed by atoms with Gasteiger partial charge in [-0.05, 0) is 51.1 Å². The number of hydrogen-bond donors (Lipinski definition) is 2. The molecule has 0 spiro atoms. The molecule has 2 aromatic rings. The van der Waals surface area contributed by atoms with Gasteiger partial charge in [0.25, 0.3) is 5.91 Å². The van der Waals surface area contributed by atoms with Crippen molar-refractivity contribution in [1.29, 1.82) is 0 Å². The molecule has 2 N–H and O–H groups in total. The first-order chi connectivity index (χ1) is 11.9. The van der Waals surface area contributed by atoms with E-state index in [4.69, 9.17) is 19.0 Å². The minimum Gasteiger partial charge on any atom is -0.490 e. The van der Waals surface area contributed by atoms with Gasteiger partial charge in [-0.15, -0.1) is 0 Å². The Bertz CT molecular complexity index is 752. The van der Waals surface area contributed by atoms with Crippen molar-refractivity contribution < 1.29 is 28.6 Å². The van der Waals surface area contributed by atoms with Crippen LogP contribution >= 0.6 is 0 Å². The zero-order valence-corrected chi connectivity index (χ0v) is 14.4. The number of amides is 1. The molecule has 0 aliphatic rings. The van der Waals surface area contributed by atoms with Gasteiger partial charge in [0.2, 0.25) is 0 Å². The Morgan fingerprint density at radius 1 is 1.20 bits per heavy atom. The van der Waals surface area contributed by atoms with Gasteiger partial charge in [0.05, 0.1) is 12.6 Å². The summed E-state index contributed by atoms with van der Waals surface area (Å²) in [6, 6.07) is 7.95. The van der Waals surface area contributed by atoms with Gasteiger partial charge in [-0.2, -0.15) is 0 Å². The first-order valence-electron chi connectivity index (χ1n) is 7.89. The number of carbonyl (C=O) groups is 2. The normalized spacial score (nSPS) is 11.6. The van der Waals surface area contributed by atoms with Gasteiger partial charge in [-0.3, -0.25) is 4.79 Å². The van der Waals surface area contributed by atoms with E-state index in [-0.39, 0.29) is 17.7 Å². The molecule has 1 atom stereocenters. The summed E-state index contributed by atoms with van der Waals surface area (Å²) >= 11 is 0. The van der Waals surface area contributed by atoms with Gasteiger partial charge in [-0.25, -0.2) is 4.79 Å². The number of carboxylic acids is 1. The molecule has 0 aliphatic heterocycles. The summed E-state index contributed by atoms with van der Waals surface area (Å²) in [5.41, 5.74) is 0.376. The van der Waals surface area contributed by atoms with Crippen LogP contribution in [0.25, 0.3) is 0 Å². The molecule has 0 saturated heterocycles. The minimum absolute atomic E-state index is 0.274. The van der Waals surface area contributed by atoms with Crippen LogP contribution in [0.2, 0.25) is 0 Å². The Morgan fingerprint density at radius 2 is 1.96 bits per heavy atom. The third kappa shape index (κ3) is 5.00. The van der Waals surface area contributed by atoms with Crippen LogP contribution in [0.1, 0.15) is 41.8 Å². The van der Waals surface area contributed by atoms with E-state index >= 15 is 0 Å². The molecule has 1 aromatic heterocycles. The van der Waals surface area contributed by atoms with Crippen LogP contribution in [0, 0.1) is 6.92 Å². The molecular weight excluding hydrogens is 326 g/mol. The van der Waals surface area contributed by atoms with Gasteiger partial charge >= 0.3 is 5.97 Å². The molecule has 0 bridgehead atoms. The van der Waals surface area contributed by atoms with Crippen molar-refractivity contribution in [2.75, 3.05) is 13.2 Å². The second-order valence-corrected chi connectivity index (χ2v) is 5.42. The van der Waals surface area contributed by atoms with Crippen LogP contribution in [0.4, 0.5) is 0 Å². The Labute approximate surface area is 145 Å². The molecule has 134 valence electrons. The molecule has 1 amide bonds. The third-order valence-corrected chi connectivity index (χ3v) is 3.39. The number of nitrogens with one attached hydrogen (secondary N) is 1. The second-order valence-electron chi connectivity index (χ2n) is 5.42. The second kappa shape index (κ2) is 8.23. The molecule has 0 radical (unpaired) electrons. The fourth-order valence-electron chi connectivity index (χ4n) is 2.21. The van der Waals surface area contributed by atoms with Crippen LogP contribution in [-0.4, -0.2) is 30.2 Å². The van der Waals surface area contributed by atoms with Crippen molar-refractivity contribution in [3.05, 3.63) is 47.4 Å². The molecule has 7 heteroatoms. The zero-order valence-electron chi connectivity index (χ0n) is 14.4. The Hall–Kier alpha value is -2.96. The van der Waals surface area contributed by atoms with E-state index in [1.807, 2.05) is 26.0 Å². The average Bonchev–Trinajstić information content (AvgIpc) is 3.00. The highest BCUT2D eigenvalue weighted by atomic mass is 16.5. The average molecular weight is 347 g/mol. The van der Waals surface area contributed by atoms with Crippen molar-refractivity contribution in [1.82, 2.24) is 5.32 Å². The lowest BCUT2D eigenvalue weighted by molar-refractivity contribution is -0.139. The van der Waals surface area contributed by atoms with Crippen molar-refractivity contribution in [3.8, 4) is 11.5 Å². The molecule has 7 nitrogen and oxygen atoms in total. The van der Waals surface area contributed by atoms with E-state index in [9.17, 15) is 9.59 Å². The monoisotopic (exact) mass is 347 g/mol. The van der Waals surface area contributed by atoms with Crippen molar-refractivity contribution >= 4 is 11.9 Å². The van der Waals surface area contributed by atoms with Gasteiger partial charge in [0.1, 0.15) is 11.5 Å². The number of furan rings is 1. The summed E-state index contributed by atoms with van der Waals surface area (Å²) in [6.45, 7) is 5.32. The van der Waals surface area contributed by atoms with E-state index in [0.29, 0.717) is 23.7 Å². The summed E-state index contributed by atoms with van der Waals surface area (Å²) in [7, 11) is 0. The van der Waals surface area contributed by atoms with Crippen LogP contribution < -0.4 is 14.8 Å². The summed E-state index contributed by atoms with van der Waals surface area (Å²) < 4.78 is 16.1. The van der Waals surface area contributed by atoms with Gasteiger partial charge in [0.15, 0.2) is 18.1 Å². The molecule has 2 rings (SSSR count). The lowest BCUT2D eigenvalue weighted by Crippen LogP contribution is -2.26. The molecule has 25 heavy (non-hydrogen) atoms. The lowest BCUT2D eigenvalue weighted by Gasteiger charge is -2.14. The first-order valence-corrected chi connectivity index (χ1v) is 7.89. The number of aliphatic carboxylic acids is 1. The summed E-state index contributed by atoms with van der Waals surface area (Å²) in [4.78, 5) is 23.1. The molecule has 0 aliphatic carbocycles. The highest BCUT2D eigenvalue weighted by Gasteiger charge is 2.16. The number of carbonyl (C=O) groups excluding carboxylic acids is 1. The number of rotatable bonds is 8. The summed E-state index contributed by atoms with van der Waals surface area (Å²) in [5.74, 6) is 0.638. The fraction of sp³-hybridized carbons (Fsp3) is 0.333. The number of ether oxygens (including phenoxy) is 2. The Kier molecular flexibility index (Phi) is 6.05. The van der Waals surface area contributed by atoms with Crippen molar-refractivity contribution in [2.45, 2.75) is 26.8 Å². The van der Waals surface area contributed by atoms with Gasteiger partial charge < -0.3 is 24.3 Å². The predicted octanol–water partition coefficient (Wildman–Crippen LogP) is 2.94. The largest absolute Gasteiger partial charge is 0.490 e. The third-order valence-electron chi connectivity index (χ3n) is 3.39. The highest BCUT2D eigenvalue weighted by molar-refractivity contribution is 5.95. The Balaban J connectivity index is 2.13. The van der Waals surface area contributed by atoms with Crippen LogP contribution in [0.15, 0.2) is 34.7 Å². The molecule has 0 fully saturated rings. The number of benzene rings is 1.